The molecule has 0 bridgehead atoms. The fourth-order valence-corrected chi connectivity index (χ4v) is 2.90. The summed E-state index contributed by atoms with van der Waals surface area (Å²) in [6, 6.07) is -0.409. The molecular weight excluding hydrogens is 256 g/mol. The average molecular weight is 284 g/mol. The van der Waals surface area contributed by atoms with Crippen molar-refractivity contribution in [2.45, 2.75) is 52.2 Å². The SMILES string of the molecule is CC(=O)C(NC(=O)CN(C)CC1CCCC1O)C(C)C. The summed E-state index contributed by atoms with van der Waals surface area (Å²) in [7, 11) is 1.88. The van der Waals surface area contributed by atoms with Gasteiger partial charge in [-0.15, -0.1) is 0 Å². The lowest BCUT2D eigenvalue weighted by Gasteiger charge is -2.24. The van der Waals surface area contributed by atoms with Gasteiger partial charge < -0.3 is 10.4 Å². The Labute approximate surface area is 121 Å². The van der Waals surface area contributed by atoms with E-state index in [2.05, 4.69) is 5.32 Å². The molecule has 1 saturated carbocycles. The molecule has 1 aliphatic carbocycles. The lowest BCUT2D eigenvalue weighted by molar-refractivity contribution is -0.128. The number of nitrogens with one attached hydrogen (secondary N) is 1. The molecule has 20 heavy (non-hydrogen) atoms. The minimum absolute atomic E-state index is 0.0118. The summed E-state index contributed by atoms with van der Waals surface area (Å²) >= 11 is 0. The van der Waals surface area contributed by atoms with Crippen LogP contribution in [0, 0.1) is 11.8 Å². The van der Waals surface area contributed by atoms with Crippen LogP contribution in [0.1, 0.15) is 40.0 Å². The van der Waals surface area contributed by atoms with Gasteiger partial charge in [0.05, 0.1) is 18.7 Å². The maximum Gasteiger partial charge on any atom is 0.234 e. The van der Waals surface area contributed by atoms with E-state index >= 15 is 0 Å². The second kappa shape index (κ2) is 7.74. The quantitative estimate of drug-likeness (QED) is 0.726. The van der Waals surface area contributed by atoms with E-state index in [1.54, 1.807) is 0 Å². The molecular formula is C15H28N2O3. The van der Waals surface area contributed by atoms with Crippen molar-refractivity contribution in [2.24, 2.45) is 11.8 Å². The molecule has 3 atom stereocenters. The van der Waals surface area contributed by atoms with E-state index in [0.29, 0.717) is 0 Å². The van der Waals surface area contributed by atoms with Gasteiger partial charge in [-0.1, -0.05) is 20.3 Å². The molecule has 1 aliphatic rings. The summed E-state index contributed by atoms with van der Waals surface area (Å²) in [6.45, 7) is 6.33. The molecule has 3 unspecified atom stereocenters. The van der Waals surface area contributed by atoms with Gasteiger partial charge in [-0.05, 0) is 38.6 Å². The third-order valence-corrected chi connectivity index (χ3v) is 4.00. The van der Waals surface area contributed by atoms with Crippen molar-refractivity contribution in [3.8, 4) is 0 Å². The van der Waals surface area contributed by atoms with Crippen LogP contribution in [0.25, 0.3) is 0 Å². The van der Waals surface area contributed by atoms with Crippen LogP contribution < -0.4 is 5.32 Å². The number of rotatable bonds is 7. The fourth-order valence-electron chi connectivity index (χ4n) is 2.90. The van der Waals surface area contributed by atoms with E-state index in [0.717, 1.165) is 25.8 Å². The van der Waals surface area contributed by atoms with Crippen LogP contribution in [0.5, 0.6) is 0 Å². The molecule has 0 aliphatic heterocycles. The number of Topliss-reactive ketones (excluding diaryl/α,β-unsaturated/α-hetero) is 1. The number of aliphatic hydroxyl groups is 1. The highest BCUT2D eigenvalue weighted by Gasteiger charge is 2.27. The van der Waals surface area contributed by atoms with Gasteiger partial charge in [-0.2, -0.15) is 0 Å². The number of aliphatic hydroxyl groups excluding tert-OH is 1. The summed E-state index contributed by atoms with van der Waals surface area (Å²) in [5.41, 5.74) is 0. The predicted octanol–water partition coefficient (Wildman–Crippen LogP) is 0.809. The zero-order chi connectivity index (χ0) is 15.3. The maximum absolute atomic E-state index is 12.0. The lowest BCUT2D eigenvalue weighted by atomic mass is 10.0. The first-order valence-corrected chi connectivity index (χ1v) is 7.47. The van der Waals surface area contributed by atoms with Crippen molar-refractivity contribution in [1.82, 2.24) is 10.2 Å². The van der Waals surface area contributed by atoms with Crippen molar-refractivity contribution >= 4 is 11.7 Å². The highest BCUT2D eigenvalue weighted by atomic mass is 16.3. The minimum atomic E-state index is -0.409. The van der Waals surface area contributed by atoms with E-state index in [-0.39, 0.29) is 36.2 Å². The number of amides is 1. The molecule has 0 aromatic carbocycles. The average Bonchev–Trinajstić information content (AvgIpc) is 2.71. The number of ketones is 1. The summed E-state index contributed by atoms with van der Waals surface area (Å²) < 4.78 is 0. The number of hydrogen-bond acceptors (Lipinski definition) is 4. The van der Waals surface area contributed by atoms with Gasteiger partial charge in [0, 0.05) is 6.54 Å². The van der Waals surface area contributed by atoms with Gasteiger partial charge >= 0.3 is 0 Å². The van der Waals surface area contributed by atoms with Crippen molar-refractivity contribution in [1.29, 1.82) is 0 Å². The Morgan fingerprint density at radius 3 is 2.45 bits per heavy atom. The third-order valence-electron chi connectivity index (χ3n) is 4.00. The van der Waals surface area contributed by atoms with E-state index in [1.165, 1.54) is 6.92 Å². The first kappa shape index (κ1) is 17.1. The van der Waals surface area contributed by atoms with Crippen LogP contribution in [-0.4, -0.2) is 54.0 Å². The topological polar surface area (TPSA) is 69.6 Å². The Morgan fingerprint density at radius 1 is 1.35 bits per heavy atom. The number of nitrogens with zero attached hydrogens (tertiary/aromatic N) is 1. The molecule has 1 rings (SSSR count). The molecule has 1 amide bonds. The van der Waals surface area contributed by atoms with Crippen LogP contribution in [0.15, 0.2) is 0 Å². The van der Waals surface area contributed by atoms with Gasteiger partial charge in [0.15, 0.2) is 5.78 Å². The molecule has 5 heteroatoms. The number of carbonyl (C=O) groups is 2. The van der Waals surface area contributed by atoms with Crippen LogP contribution in [0.3, 0.4) is 0 Å². The lowest BCUT2D eigenvalue weighted by Crippen LogP contribution is -2.47. The van der Waals surface area contributed by atoms with Crippen molar-refractivity contribution in [3.63, 3.8) is 0 Å². The smallest absolute Gasteiger partial charge is 0.234 e. The number of likely N-dealkylation sites (N-methyl/N-ethyl adjacent to an activating group) is 1. The molecule has 1 fully saturated rings. The maximum atomic E-state index is 12.0. The van der Waals surface area contributed by atoms with Crippen LogP contribution in [0.4, 0.5) is 0 Å². The van der Waals surface area contributed by atoms with Gasteiger partial charge in [0.1, 0.15) is 0 Å². The van der Waals surface area contributed by atoms with E-state index in [9.17, 15) is 14.7 Å². The largest absolute Gasteiger partial charge is 0.393 e. The monoisotopic (exact) mass is 284 g/mol. The van der Waals surface area contributed by atoms with Gasteiger partial charge in [0.2, 0.25) is 5.91 Å². The van der Waals surface area contributed by atoms with Gasteiger partial charge in [-0.3, -0.25) is 14.5 Å². The molecule has 116 valence electrons. The molecule has 5 nitrogen and oxygen atoms in total. The summed E-state index contributed by atoms with van der Waals surface area (Å²) in [5, 5.41) is 12.6. The van der Waals surface area contributed by atoms with E-state index in [4.69, 9.17) is 0 Å². The molecule has 0 spiro atoms. The van der Waals surface area contributed by atoms with Crippen molar-refractivity contribution in [3.05, 3.63) is 0 Å². The van der Waals surface area contributed by atoms with Crippen molar-refractivity contribution in [2.75, 3.05) is 20.1 Å². The molecule has 0 aromatic heterocycles. The fraction of sp³-hybridized carbons (Fsp3) is 0.867. The molecule has 2 N–H and O–H groups in total. The van der Waals surface area contributed by atoms with Crippen LogP contribution in [0.2, 0.25) is 0 Å². The molecule has 0 aromatic rings. The highest BCUT2D eigenvalue weighted by molar-refractivity contribution is 5.88. The Hall–Kier alpha value is -0.940. The zero-order valence-corrected chi connectivity index (χ0v) is 13.1. The Morgan fingerprint density at radius 2 is 2.00 bits per heavy atom. The summed E-state index contributed by atoms with van der Waals surface area (Å²) in [6.07, 6.45) is 2.71. The molecule has 0 saturated heterocycles. The Kier molecular flexibility index (Phi) is 6.62. The highest BCUT2D eigenvalue weighted by Crippen LogP contribution is 2.25. The Balaban J connectivity index is 2.39. The minimum Gasteiger partial charge on any atom is -0.393 e. The van der Waals surface area contributed by atoms with Crippen LogP contribution >= 0.6 is 0 Å². The number of hydrogen-bond donors (Lipinski definition) is 2. The second-order valence-electron chi connectivity index (χ2n) is 6.35. The van der Waals surface area contributed by atoms with Gasteiger partial charge in [-0.25, -0.2) is 0 Å². The molecule has 0 heterocycles. The summed E-state index contributed by atoms with van der Waals surface area (Å²) in [5.74, 6) is 0.219. The number of carbonyl (C=O) groups excluding carboxylic acids is 2. The summed E-state index contributed by atoms with van der Waals surface area (Å²) in [4.78, 5) is 25.4. The first-order chi connectivity index (χ1) is 9.31. The third kappa shape index (κ3) is 5.21. The predicted molar refractivity (Wildman–Crippen MR) is 78.3 cm³/mol. The van der Waals surface area contributed by atoms with E-state index in [1.807, 2.05) is 25.8 Å². The van der Waals surface area contributed by atoms with Gasteiger partial charge in [0.25, 0.3) is 0 Å². The Bertz CT molecular complexity index is 344. The molecule has 0 radical (unpaired) electrons. The standard InChI is InChI=1S/C15H28N2O3/c1-10(2)15(11(3)18)16-14(20)9-17(4)8-12-6-5-7-13(12)19/h10,12-13,15,19H,5-9H2,1-4H3,(H,16,20). The second-order valence-corrected chi connectivity index (χ2v) is 6.35. The van der Waals surface area contributed by atoms with E-state index < -0.39 is 6.04 Å². The van der Waals surface area contributed by atoms with Crippen molar-refractivity contribution < 1.29 is 14.7 Å². The first-order valence-electron chi connectivity index (χ1n) is 7.47. The normalized spacial score (nSPS) is 24.1. The zero-order valence-electron chi connectivity index (χ0n) is 13.1. The van der Waals surface area contributed by atoms with Crippen LogP contribution in [-0.2, 0) is 9.59 Å².